The highest BCUT2D eigenvalue weighted by atomic mass is 32.1. The van der Waals surface area contributed by atoms with Crippen molar-refractivity contribution in [1.29, 1.82) is 0 Å². The first-order valence-corrected chi connectivity index (χ1v) is 10.1. The second-order valence-corrected chi connectivity index (χ2v) is 7.59. The normalized spacial score (nSPS) is 14.0. The third-order valence-electron chi connectivity index (χ3n) is 4.92. The SMILES string of the molecule is Cc1ccc(N(C)CCNC(=S)Nc2ccc(OC3CCCC3)cc2)cc1. The Hall–Kier alpha value is -2.27. The first-order chi connectivity index (χ1) is 13.1. The molecule has 0 saturated heterocycles. The van der Waals surface area contributed by atoms with Gasteiger partial charge in [0.1, 0.15) is 5.75 Å². The van der Waals surface area contributed by atoms with Gasteiger partial charge < -0.3 is 20.3 Å². The van der Waals surface area contributed by atoms with Crippen LogP contribution in [0.25, 0.3) is 0 Å². The standard InChI is InChI=1S/C22H29N3OS/c1-17-7-11-19(12-8-17)25(2)16-15-23-22(27)24-18-9-13-21(14-10-18)26-20-5-3-4-6-20/h7-14,20H,3-6,15-16H2,1-2H3,(H2,23,24,27). The first-order valence-electron chi connectivity index (χ1n) is 9.69. The number of hydrogen-bond donors (Lipinski definition) is 2. The Morgan fingerprint density at radius 1 is 1.07 bits per heavy atom. The van der Waals surface area contributed by atoms with Crippen molar-refractivity contribution in [2.75, 3.05) is 30.4 Å². The van der Waals surface area contributed by atoms with E-state index in [9.17, 15) is 0 Å². The molecule has 3 rings (SSSR count). The smallest absolute Gasteiger partial charge is 0.170 e. The second kappa shape index (κ2) is 9.60. The summed E-state index contributed by atoms with van der Waals surface area (Å²) < 4.78 is 5.99. The zero-order valence-electron chi connectivity index (χ0n) is 16.2. The molecule has 2 aromatic rings. The van der Waals surface area contributed by atoms with E-state index in [0.717, 1.165) is 24.5 Å². The van der Waals surface area contributed by atoms with Crippen LogP contribution in [-0.4, -0.2) is 31.4 Å². The largest absolute Gasteiger partial charge is 0.490 e. The van der Waals surface area contributed by atoms with Gasteiger partial charge in [-0.15, -0.1) is 0 Å². The Morgan fingerprint density at radius 2 is 1.74 bits per heavy atom. The maximum atomic E-state index is 5.99. The van der Waals surface area contributed by atoms with E-state index in [1.807, 2.05) is 24.3 Å². The minimum absolute atomic E-state index is 0.386. The summed E-state index contributed by atoms with van der Waals surface area (Å²) in [5, 5.41) is 7.13. The molecule has 1 fully saturated rings. The fraction of sp³-hybridized carbons (Fsp3) is 0.409. The molecule has 0 unspecified atom stereocenters. The molecule has 0 radical (unpaired) electrons. The Balaban J connectivity index is 1.39. The predicted octanol–water partition coefficient (Wildman–Crippen LogP) is 4.74. The average Bonchev–Trinajstić information content (AvgIpc) is 3.17. The highest BCUT2D eigenvalue weighted by molar-refractivity contribution is 7.80. The predicted molar refractivity (Wildman–Crippen MR) is 118 cm³/mol. The number of thiocarbonyl (C=S) groups is 1. The lowest BCUT2D eigenvalue weighted by Crippen LogP contribution is -2.35. The zero-order chi connectivity index (χ0) is 19.1. The zero-order valence-corrected chi connectivity index (χ0v) is 17.0. The van der Waals surface area contributed by atoms with Gasteiger partial charge >= 0.3 is 0 Å². The first kappa shape index (κ1) is 19.5. The number of likely N-dealkylation sites (N-methyl/N-ethyl adjacent to an activating group) is 1. The number of benzene rings is 2. The van der Waals surface area contributed by atoms with Crippen LogP contribution in [0.1, 0.15) is 31.2 Å². The molecule has 0 bridgehead atoms. The maximum Gasteiger partial charge on any atom is 0.170 e. The molecule has 4 nitrogen and oxygen atoms in total. The van der Waals surface area contributed by atoms with Crippen molar-refractivity contribution < 1.29 is 4.74 Å². The van der Waals surface area contributed by atoms with Crippen LogP contribution in [0, 0.1) is 6.92 Å². The lowest BCUT2D eigenvalue weighted by molar-refractivity contribution is 0.210. The molecule has 1 aliphatic rings. The van der Waals surface area contributed by atoms with E-state index in [2.05, 4.69) is 53.8 Å². The molecule has 0 aromatic heterocycles. The minimum Gasteiger partial charge on any atom is -0.490 e. The van der Waals surface area contributed by atoms with Gasteiger partial charge in [0, 0.05) is 31.5 Å². The number of rotatable bonds is 7. The third kappa shape index (κ3) is 6.14. The molecular weight excluding hydrogens is 354 g/mol. The van der Waals surface area contributed by atoms with Gasteiger partial charge in [0.2, 0.25) is 0 Å². The van der Waals surface area contributed by atoms with Gasteiger partial charge in [-0.05, 0) is 81.2 Å². The summed E-state index contributed by atoms with van der Waals surface area (Å²) in [5.74, 6) is 0.936. The quantitative estimate of drug-likeness (QED) is 0.676. The van der Waals surface area contributed by atoms with Gasteiger partial charge in [-0.2, -0.15) is 0 Å². The van der Waals surface area contributed by atoms with Crippen LogP contribution in [0.15, 0.2) is 48.5 Å². The lowest BCUT2D eigenvalue weighted by Gasteiger charge is -2.20. The molecule has 144 valence electrons. The van der Waals surface area contributed by atoms with Crippen molar-refractivity contribution in [3.8, 4) is 5.75 Å². The van der Waals surface area contributed by atoms with Gasteiger partial charge in [0.25, 0.3) is 0 Å². The number of anilines is 2. The molecular formula is C22H29N3OS. The van der Waals surface area contributed by atoms with Crippen LogP contribution in [0.5, 0.6) is 5.75 Å². The summed E-state index contributed by atoms with van der Waals surface area (Å²) in [7, 11) is 2.09. The van der Waals surface area contributed by atoms with Crippen molar-refractivity contribution in [2.24, 2.45) is 0 Å². The fourth-order valence-corrected chi connectivity index (χ4v) is 3.48. The molecule has 2 aromatic carbocycles. The van der Waals surface area contributed by atoms with E-state index in [-0.39, 0.29) is 0 Å². The monoisotopic (exact) mass is 383 g/mol. The molecule has 0 heterocycles. The highest BCUT2D eigenvalue weighted by Gasteiger charge is 2.16. The van der Waals surface area contributed by atoms with E-state index in [1.54, 1.807) is 0 Å². The second-order valence-electron chi connectivity index (χ2n) is 7.19. The minimum atomic E-state index is 0.386. The molecule has 0 amide bonds. The summed E-state index contributed by atoms with van der Waals surface area (Å²) in [6, 6.07) is 16.6. The Morgan fingerprint density at radius 3 is 2.41 bits per heavy atom. The summed E-state index contributed by atoms with van der Waals surface area (Å²) in [4.78, 5) is 2.21. The lowest BCUT2D eigenvalue weighted by atomic mass is 10.2. The number of nitrogens with one attached hydrogen (secondary N) is 2. The molecule has 5 heteroatoms. The Labute approximate surface area is 167 Å². The third-order valence-corrected chi connectivity index (χ3v) is 5.17. The van der Waals surface area contributed by atoms with Gasteiger partial charge in [0.05, 0.1) is 6.10 Å². The van der Waals surface area contributed by atoms with E-state index in [4.69, 9.17) is 17.0 Å². The van der Waals surface area contributed by atoms with Crippen LogP contribution in [0.2, 0.25) is 0 Å². The van der Waals surface area contributed by atoms with Crippen LogP contribution in [0.4, 0.5) is 11.4 Å². The van der Waals surface area contributed by atoms with E-state index >= 15 is 0 Å². The van der Waals surface area contributed by atoms with Crippen LogP contribution >= 0.6 is 12.2 Å². The van der Waals surface area contributed by atoms with Gasteiger partial charge in [-0.25, -0.2) is 0 Å². The Bertz CT molecular complexity index is 724. The van der Waals surface area contributed by atoms with Crippen molar-refractivity contribution >= 4 is 28.7 Å². The van der Waals surface area contributed by atoms with Crippen LogP contribution in [-0.2, 0) is 0 Å². The Kier molecular flexibility index (Phi) is 6.93. The van der Waals surface area contributed by atoms with Gasteiger partial charge in [-0.3, -0.25) is 0 Å². The molecule has 1 aliphatic carbocycles. The number of nitrogens with zero attached hydrogens (tertiary/aromatic N) is 1. The van der Waals surface area contributed by atoms with Crippen molar-refractivity contribution in [3.63, 3.8) is 0 Å². The molecule has 0 atom stereocenters. The van der Waals surface area contributed by atoms with Gasteiger partial charge in [0.15, 0.2) is 5.11 Å². The summed E-state index contributed by atoms with van der Waals surface area (Å²) in [6.45, 7) is 3.75. The molecule has 0 aliphatic heterocycles. The van der Waals surface area contributed by atoms with Crippen molar-refractivity contribution in [1.82, 2.24) is 5.32 Å². The average molecular weight is 384 g/mol. The van der Waals surface area contributed by atoms with Crippen molar-refractivity contribution in [2.45, 2.75) is 38.7 Å². The number of aryl methyl sites for hydroxylation is 1. The number of ether oxygens (including phenoxy) is 1. The van der Waals surface area contributed by atoms with Gasteiger partial charge in [-0.1, -0.05) is 17.7 Å². The maximum absolute atomic E-state index is 5.99. The molecule has 27 heavy (non-hydrogen) atoms. The van der Waals surface area contributed by atoms with Crippen molar-refractivity contribution in [3.05, 3.63) is 54.1 Å². The number of hydrogen-bond acceptors (Lipinski definition) is 3. The van der Waals surface area contributed by atoms with Crippen LogP contribution < -0.4 is 20.3 Å². The van der Waals surface area contributed by atoms with E-state index in [0.29, 0.717) is 11.2 Å². The highest BCUT2D eigenvalue weighted by Crippen LogP contribution is 2.25. The van der Waals surface area contributed by atoms with E-state index < -0.39 is 0 Å². The molecule has 0 spiro atoms. The van der Waals surface area contributed by atoms with E-state index in [1.165, 1.54) is 36.9 Å². The summed E-state index contributed by atoms with van der Waals surface area (Å²) in [5.41, 5.74) is 3.45. The topological polar surface area (TPSA) is 36.5 Å². The summed E-state index contributed by atoms with van der Waals surface area (Å²) in [6.07, 6.45) is 5.29. The summed E-state index contributed by atoms with van der Waals surface area (Å²) >= 11 is 5.40. The molecule has 1 saturated carbocycles. The molecule has 2 N–H and O–H groups in total. The van der Waals surface area contributed by atoms with Crippen LogP contribution in [0.3, 0.4) is 0 Å². The fourth-order valence-electron chi connectivity index (χ4n) is 3.26.